The first-order valence-electron chi connectivity index (χ1n) is 4.45. The Bertz CT molecular complexity index is 555. The summed E-state index contributed by atoms with van der Waals surface area (Å²) in [5, 5.41) is 0.996. The fraction of sp³-hybridized carbons (Fsp3) is 0.182. The van der Waals surface area contributed by atoms with Gasteiger partial charge in [-0.05, 0) is 30.7 Å². The highest BCUT2D eigenvalue weighted by atomic mass is 16.1. The SMILES string of the molecule is Cc1cc2c(ccc(=O)n2C)cc1N. The van der Waals surface area contributed by atoms with Crippen LogP contribution in [0.5, 0.6) is 0 Å². The van der Waals surface area contributed by atoms with Crippen LogP contribution in [0.15, 0.2) is 29.1 Å². The van der Waals surface area contributed by atoms with E-state index in [1.807, 2.05) is 19.1 Å². The van der Waals surface area contributed by atoms with Gasteiger partial charge in [0.1, 0.15) is 0 Å². The molecule has 1 heterocycles. The molecule has 0 aliphatic heterocycles. The summed E-state index contributed by atoms with van der Waals surface area (Å²) in [4.78, 5) is 11.4. The number of nitrogens with zero attached hydrogens (tertiary/aromatic N) is 1. The van der Waals surface area contributed by atoms with E-state index in [0.717, 1.165) is 22.2 Å². The number of fused-ring (bicyclic) bond motifs is 1. The summed E-state index contributed by atoms with van der Waals surface area (Å²) < 4.78 is 1.63. The largest absolute Gasteiger partial charge is 0.398 e. The minimum absolute atomic E-state index is 0.00155. The highest BCUT2D eigenvalue weighted by Crippen LogP contribution is 2.19. The molecule has 0 bridgehead atoms. The number of hydrogen-bond donors (Lipinski definition) is 1. The third-order valence-corrected chi connectivity index (χ3v) is 2.51. The van der Waals surface area contributed by atoms with Crippen molar-refractivity contribution in [3.8, 4) is 0 Å². The summed E-state index contributed by atoms with van der Waals surface area (Å²) in [7, 11) is 1.76. The van der Waals surface area contributed by atoms with Gasteiger partial charge in [-0.2, -0.15) is 0 Å². The van der Waals surface area contributed by atoms with Crippen LogP contribution in [0.1, 0.15) is 5.56 Å². The van der Waals surface area contributed by atoms with Gasteiger partial charge in [-0.15, -0.1) is 0 Å². The number of nitrogen functional groups attached to an aromatic ring is 1. The lowest BCUT2D eigenvalue weighted by molar-refractivity contribution is 0.905. The summed E-state index contributed by atoms with van der Waals surface area (Å²) in [5.74, 6) is 0. The van der Waals surface area contributed by atoms with Crippen LogP contribution in [-0.4, -0.2) is 4.57 Å². The molecule has 0 fully saturated rings. The molecule has 14 heavy (non-hydrogen) atoms. The topological polar surface area (TPSA) is 48.0 Å². The molecular formula is C11H12N2O. The van der Waals surface area contributed by atoms with Crippen LogP contribution < -0.4 is 11.3 Å². The third-order valence-electron chi connectivity index (χ3n) is 2.51. The first-order chi connectivity index (χ1) is 6.59. The van der Waals surface area contributed by atoms with E-state index >= 15 is 0 Å². The maximum absolute atomic E-state index is 11.4. The second kappa shape index (κ2) is 2.87. The Morgan fingerprint density at radius 3 is 2.71 bits per heavy atom. The van der Waals surface area contributed by atoms with Crippen LogP contribution in [0.2, 0.25) is 0 Å². The van der Waals surface area contributed by atoms with Crippen molar-refractivity contribution in [1.29, 1.82) is 0 Å². The average Bonchev–Trinajstić information content (AvgIpc) is 2.15. The van der Waals surface area contributed by atoms with Crippen LogP contribution in [0.4, 0.5) is 5.69 Å². The molecule has 2 N–H and O–H groups in total. The maximum Gasteiger partial charge on any atom is 0.250 e. The van der Waals surface area contributed by atoms with E-state index in [1.54, 1.807) is 23.7 Å². The molecular weight excluding hydrogens is 176 g/mol. The van der Waals surface area contributed by atoms with E-state index in [0.29, 0.717) is 0 Å². The molecule has 0 amide bonds. The number of aromatic nitrogens is 1. The van der Waals surface area contributed by atoms with Gasteiger partial charge in [-0.1, -0.05) is 0 Å². The number of nitrogens with two attached hydrogens (primary N) is 1. The standard InChI is InChI=1S/C11H12N2O/c1-7-5-10-8(6-9(7)12)3-4-11(14)13(10)2/h3-6H,12H2,1-2H3. The summed E-state index contributed by atoms with van der Waals surface area (Å²) in [5.41, 5.74) is 8.47. The predicted octanol–water partition coefficient (Wildman–Crippen LogP) is 1.43. The van der Waals surface area contributed by atoms with Crippen molar-refractivity contribution < 1.29 is 0 Å². The lowest BCUT2D eigenvalue weighted by atomic mass is 10.1. The van der Waals surface area contributed by atoms with Gasteiger partial charge in [-0.25, -0.2) is 0 Å². The Morgan fingerprint density at radius 1 is 1.29 bits per heavy atom. The molecule has 0 radical (unpaired) electrons. The maximum atomic E-state index is 11.4. The first kappa shape index (κ1) is 8.81. The molecule has 0 aliphatic carbocycles. The van der Waals surface area contributed by atoms with Crippen molar-refractivity contribution in [2.75, 3.05) is 5.73 Å². The van der Waals surface area contributed by atoms with E-state index in [1.165, 1.54) is 0 Å². The molecule has 1 aromatic carbocycles. The Hall–Kier alpha value is -1.77. The van der Waals surface area contributed by atoms with E-state index in [9.17, 15) is 4.79 Å². The summed E-state index contributed by atoms with van der Waals surface area (Å²) in [6.07, 6.45) is 0. The number of benzene rings is 1. The Balaban J connectivity index is 2.97. The monoisotopic (exact) mass is 188 g/mol. The van der Waals surface area contributed by atoms with Crippen LogP contribution >= 0.6 is 0 Å². The zero-order valence-corrected chi connectivity index (χ0v) is 8.24. The number of aryl methyl sites for hydroxylation is 2. The Labute approximate surface area is 81.8 Å². The van der Waals surface area contributed by atoms with Gasteiger partial charge >= 0.3 is 0 Å². The molecule has 0 saturated heterocycles. The summed E-state index contributed by atoms with van der Waals surface area (Å²) in [6, 6.07) is 7.18. The zero-order chi connectivity index (χ0) is 10.3. The van der Waals surface area contributed by atoms with E-state index < -0.39 is 0 Å². The first-order valence-corrected chi connectivity index (χ1v) is 4.45. The molecule has 1 aromatic heterocycles. The molecule has 0 aliphatic rings. The Morgan fingerprint density at radius 2 is 2.00 bits per heavy atom. The molecule has 72 valence electrons. The lowest BCUT2D eigenvalue weighted by Crippen LogP contribution is -2.15. The molecule has 3 heteroatoms. The summed E-state index contributed by atoms with van der Waals surface area (Å²) >= 11 is 0. The zero-order valence-electron chi connectivity index (χ0n) is 8.24. The van der Waals surface area contributed by atoms with Crippen molar-refractivity contribution in [3.63, 3.8) is 0 Å². The lowest BCUT2D eigenvalue weighted by Gasteiger charge is -2.07. The minimum atomic E-state index is 0.00155. The number of pyridine rings is 1. The molecule has 0 saturated carbocycles. The second-order valence-electron chi connectivity index (χ2n) is 3.50. The van der Waals surface area contributed by atoms with E-state index in [2.05, 4.69) is 0 Å². The average molecular weight is 188 g/mol. The van der Waals surface area contributed by atoms with Crippen LogP contribution in [0.25, 0.3) is 10.9 Å². The van der Waals surface area contributed by atoms with Crippen LogP contribution in [-0.2, 0) is 7.05 Å². The highest BCUT2D eigenvalue weighted by Gasteiger charge is 2.01. The molecule has 0 spiro atoms. The molecule has 0 unspecified atom stereocenters. The predicted molar refractivity (Wildman–Crippen MR) is 58.3 cm³/mol. The van der Waals surface area contributed by atoms with Gasteiger partial charge < -0.3 is 10.3 Å². The summed E-state index contributed by atoms with van der Waals surface area (Å²) in [6.45, 7) is 1.94. The van der Waals surface area contributed by atoms with Crippen molar-refractivity contribution in [2.45, 2.75) is 6.92 Å². The van der Waals surface area contributed by atoms with E-state index in [4.69, 9.17) is 5.73 Å². The van der Waals surface area contributed by atoms with Gasteiger partial charge in [-0.3, -0.25) is 4.79 Å². The van der Waals surface area contributed by atoms with Crippen LogP contribution in [0.3, 0.4) is 0 Å². The van der Waals surface area contributed by atoms with Gasteiger partial charge in [0.15, 0.2) is 0 Å². The van der Waals surface area contributed by atoms with Crippen molar-refractivity contribution in [3.05, 3.63) is 40.2 Å². The molecule has 2 rings (SSSR count). The third kappa shape index (κ3) is 1.18. The fourth-order valence-corrected chi connectivity index (χ4v) is 1.54. The normalized spacial score (nSPS) is 10.7. The van der Waals surface area contributed by atoms with Gasteiger partial charge in [0.05, 0.1) is 5.52 Å². The van der Waals surface area contributed by atoms with Crippen molar-refractivity contribution >= 4 is 16.6 Å². The van der Waals surface area contributed by atoms with Crippen molar-refractivity contribution in [2.24, 2.45) is 7.05 Å². The molecule has 2 aromatic rings. The quantitative estimate of drug-likeness (QED) is 0.636. The number of rotatable bonds is 0. The molecule has 0 atom stereocenters. The second-order valence-corrected chi connectivity index (χ2v) is 3.50. The molecule has 3 nitrogen and oxygen atoms in total. The highest BCUT2D eigenvalue weighted by molar-refractivity contribution is 5.83. The fourth-order valence-electron chi connectivity index (χ4n) is 1.54. The van der Waals surface area contributed by atoms with Crippen molar-refractivity contribution in [1.82, 2.24) is 4.57 Å². The Kier molecular flexibility index (Phi) is 1.81. The number of anilines is 1. The van der Waals surface area contributed by atoms with E-state index in [-0.39, 0.29) is 5.56 Å². The minimum Gasteiger partial charge on any atom is -0.398 e. The smallest absolute Gasteiger partial charge is 0.250 e. The van der Waals surface area contributed by atoms with Gasteiger partial charge in [0.25, 0.3) is 5.56 Å². The van der Waals surface area contributed by atoms with Crippen LogP contribution in [0, 0.1) is 6.92 Å². The number of hydrogen-bond acceptors (Lipinski definition) is 2. The van der Waals surface area contributed by atoms with Gasteiger partial charge in [0, 0.05) is 24.2 Å². The van der Waals surface area contributed by atoms with Gasteiger partial charge in [0.2, 0.25) is 0 Å².